The van der Waals surface area contributed by atoms with E-state index in [9.17, 15) is 4.79 Å². The average molecular weight is 237 g/mol. The van der Waals surface area contributed by atoms with Crippen LogP contribution in [0.15, 0.2) is 10.9 Å². The van der Waals surface area contributed by atoms with Gasteiger partial charge in [-0.3, -0.25) is 4.79 Å². The summed E-state index contributed by atoms with van der Waals surface area (Å²) in [7, 11) is 1.61. The summed E-state index contributed by atoms with van der Waals surface area (Å²) < 4.78 is 5.32. The summed E-state index contributed by atoms with van der Waals surface area (Å²) in [6.07, 6.45) is 2.44. The van der Waals surface area contributed by atoms with Gasteiger partial charge < -0.3 is 15.0 Å². The topological polar surface area (TPSA) is 67.0 Å². The molecule has 17 heavy (non-hydrogen) atoms. The number of hydrogen-bond donors (Lipinski definition) is 2. The zero-order chi connectivity index (χ0) is 12.5. The van der Waals surface area contributed by atoms with Gasteiger partial charge in [-0.05, 0) is 26.7 Å². The highest BCUT2D eigenvalue weighted by atomic mass is 16.5. The van der Waals surface area contributed by atoms with E-state index in [0.717, 1.165) is 5.69 Å². The zero-order valence-electron chi connectivity index (χ0n) is 10.5. The molecule has 1 aromatic heterocycles. The molecule has 1 aliphatic rings. The quantitative estimate of drug-likeness (QED) is 0.798. The normalized spacial score (nSPS) is 16.2. The van der Waals surface area contributed by atoms with Gasteiger partial charge in [0.25, 0.3) is 5.56 Å². The molecule has 94 valence electrons. The van der Waals surface area contributed by atoms with Crippen LogP contribution in [0.1, 0.15) is 38.2 Å². The Labute approximate surface area is 101 Å². The number of rotatable bonds is 5. The van der Waals surface area contributed by atoms with E-state index in [0.29, 0.717) is 18.4 Å². The van der Waals surface area contributed by atoms with Gasteiger partial charge in [0.15, 0.2) is 0 Å². The van der Waals surface area contributed by atoms with E-state index in [2.05, 4.69) is 15.3 Å². The molecule has 1 saturated carbocycles. The van der Waals surface area contributed by atoms with Crippen molar-refractivity contribution in [2.45, 2.75) is 44.9 Å². The van der Waals surface area contributed by atoms with Gasteiger partial charge in [-0.2, -0.15) is 0 Å². The fraction of sp³-hybridized carbons (Fsp3) is 0.667. The van der Waals surface area contributed by atoms with Crippen molar-refractivity contribution >= 4 is 0 Å². The molecule has 1 aliphatic carbocycles. The molecule has 0 radical (unpaired) electrons. The van der Waals surface area contributed by atoms with Crippen molar-refractivity contribution in [1.29, 1.82) is 0 Å². The van der Waals surface area contributed by atoms with Crippen LogP contribution in [0.4, 0.5) is 0 Å². The molecule has 0 bridgehead atoms. The molecule has 5 heteroatoms. The van der Waals surface area contributed by atoms with Gasteiger partial charge in [0.2, 0.25) is 0 Å². The van der Waals surface area contributed by atoms with Crippen LogP contribution in [-0.4, -0.2) is 23.1 Å². The third-order valence-electron chi connectivity index (χ3n) is 3.02. The largest absolute Gasteiger partial charge is 0.371 e. The van der Waals surface area contributed by atoms with Crippen LogP contribution in [0.3, 0.4) is 0 Å². The van der Waals surface area contributed by atoms with Gasteiger partial charge in [-0.1, -0.05) is 0 Å². The summed E-state index contributed by atoms with van der Waals surface area (Å²) >= 11 is 0. The second-order valence-electron chi connectivity index (χ2n) is 4.95. The molecule has 0 atom stereocenters. The van der Waals surface area contributed by atoms with E-state index < -0.39 is 5.60 Å². The minimum Gasteiger partial charge on any atom is -0.371 e. The molecule has 1 heterocycles. The zero-order valence-corrected chi connectivity index (χ0v) is 10.5. The summed E-state index contributed by atoms with van der Waals surface area (Å²) in [4.78, 5) is 18.7. The number of methoxy groups -OCH3 is 1. The predicted molar refractivity (Wildman–Crippen MR) is 64.8 cm³/mol. The number of ether oxygens (including phenoxy) is 1. The van der Waals surface area contributed by atoms with Crippen LogP contribution >= 0.6 is 0 Å². The number of nitrogens with one attached hydrogen (secondary N) is 2. The van der Waals surface area contributed by atoms with Gasteiger partial charge in [0.05, 0.1) is 5.69 Å². The molecule has 0 unspecified atom stereocenters. The van der Waals surface area contributed by atoms with Crippen molar-refractivity contribution in [2.75, 3.05) is 7.11 Å². The second-order valence-corrected chi connectivity index (χ2v) is 4.95. The van der Waals surface area contributed by atoms with Gasteiger partial charge in [-0.25, -0.2) is 4.98 Å². The molecule has 2 N–H and O–H groups in total. The summed E-state index contributed by atoms with van der Waals surface area (Å²) in [5.41, 5.74) is 0.0582. The van der Waals surface area contributed by atoms with E-state index >= 15 is 0 Å². The SMILES string of the molecule is COC(C)(C)c1nc(CNC2CC2)cc(=O)[nH]1. The number of aromatic nitrogens is 2. The molecular formula is C12H19N3O2. The van der Waals surface area contributed by atoms with Crippen LogP contribution in [0.25, 0.3) is 0 Å². The molecule has 1 fully saturated rings. The van der Waals surface area contributed by atoms with Gasteiger partial charge in [0.1, 0.15) is 11.4 Å². The van der Waals surface area contributed by atoms with Crippen molar-refractivity contribution in [2.24, 2.45) is 0 Å². The molecule has 0 aliphatic heterocycles. The minimum atomic E-state index is -0.575. The molecule has 5 nitrogen and oxygen atoms in total. The maximum absolute atomic E-state index is 11.6. The van der Waals surface area contributed by atoms with Crippen LogP contribution in [-0.2, 0) is 16.9 Å². The lowest BCUT2D eigenvalue weighted by Crippen LogP contribution is -2.28. The Bertz CT molecular complexity index is 449. The van der Waals surface area contributed by atoms with Crippen molar-refractivity contribution < 1.29 is 4.74 Å². The Hall–Kier alpha value is -1.20. The molecule has 0 saturated heterocycles. The molecule has 2 rings (SSSR count). The molecular weight excluding hydrogens is 218 g/mol. The Morgan fingerprint density at radius 1 is 1.59 bits per heavy atom. The van der Waals surface area contributed by atoms with E-state index in [4.69, 9.17) is 4.74 Å². The summed E-state index contributed by atoms with van der Waals surface area (Å²) in [5, 5.41) is 3.34. The lowest BCUT2D eigenvalue weighted by molar-refractivity contribution is 0.0110. The van der Waals surface area contributed by atoms with Crippen LogP contribution in [0.2, 0.25) is 0 Å². The van der Waals surface area contributed by atoms with Crippen molar-refractivity contribution in [3.05, 3.63) is 27.9 Å². The monoisotopic (exact) mass is 237 g/mol. The highest BCUT2D eigenvalue weighted by Gasteiger charge is 2.24. The smallest absolute Gasteiger partial charge is 0.251 e. The lowest BCUT2D eigenvalue weighted by atomic mass is 10.1. The van der Waals surface area contributed by atoms with Crippen LogP contribution < -0.4 is 10.9 Å². The Balaban J connectivity index is 2.18. The van der Waals surface area contributed by atoms with E-state index in [1.807, 2.05) is 13.8 Å². The van der Waals surface area contributed by atoms with Gasteiger partial charge >= 0.3 is 0 Å². The average Bonchev–Trinajstić information content (AvgIpc) is 3.09. The summed E-state index contributed by atoms with van der Waals surface area (Å²) in [5.74, 6) is 0.570. The lowest BCUT2D eigenvalue weighted by Gasteiger charge is -2.21. The molecule has 0 spiro atoms. The maximum Gasteiger partial charge on any atom is 0.251 e. The second kappa shape index (κ2) is 4.58. The highest BCUT2D eigenvalue weighted by molar-refractivity contribution is 5.07. The Morgan fingerprint density at radius 2 is 2.29 bits per heavy atom. The molecule has 1 aromatic rings. The van der Waals surface area contributed by atoms with Gasteiger partial charge in [-0.15, -0.1) is 0 Å². The van der Waals surface area contributed by atoms with Crippen molar-refractivity contribution in [3.8, 4) is 0 Å². The molecule has 0 amide bonds. The molecule has 0 aromatic carbocycles. The predicted octanol–water partition coefficient (Wildman–Crippen LogP) is 0.903. The fourth-order valence-electron chi connectivity index (χ4n) is 1.52. The maximum atomic E-state index is 11.6. The summed E-state index contributed by atoms with van der Waals surface area (Å²) in [6, 6.07) is 2.14. The van der Waals surface area contributed by atoms with Crippen LogP contribution in [0, 0.1) is 0 Å². The third-order valence-corrected chi connectivity index (χ3v) is 3.02. The minimum absolute atomic E-state index is 0.132. The first kappa shape index (κ1) is 12.3. The number of hydrogen-bond acceptors (Lipinski definition) is 4. The number of aromatic amines is 1. The van der Waals surface area contributed by atoms with Crippen molar-refractivity contribution in [3.63, 3.8) is 0 Å². The number of H-pyrrole nitrogens is 1. The summed E-state index contributed by atoms with van der Waals surface area (Å²) in [6.45, 7) is 4.40. The fourth-order valence-corrected chi connectivity index (χ4v) is 1.52. The first-order valence-corrected chi connectivity index (χ1v) is 5.90. The van der Waals surface area contributed by atoms with E-state index in [1.165, 1.54) is 18.9 Å². The Morgan fingerprint density at radius 3 is 2.88 bits per heavy atom. The number of nitrogens with zero attached hydrogens (tertiary/aromatic N) is 1. The standard InChI is InChI=1S/C12H19N3O2/c1-12(2,17-3)11-14-9(6-10(16)15-11)7-13-8-4-5-8/h6,8,13H,4-5,7H2,1-3H3,(H,14,15,16). The van der Waals surface area contributed by atoms with E-state index in [1.54, 1.807) is 7.11 Å². The van der Waals surface area contributed by atoms with E-state index in [-0.39, 0.29) is 5.56 Å². The van der Waals surface area contributed by atoms with Gasteiger partial charge in [0, 0.05) is 25.8 Å². The first-order valence-electron chi connectivity index (χ1n) is 5.90. The Kier molecular flexibility index (Phi) is 3.31. The first-order chi connectivity index (χ1) is 8.01. The van der Waals surface area contributed by atoms with Crippen LogP contribution in [0.5, 0.6) is 0 Å². The van der Waals surface area contributed by atoms with Crippen molar-refractivity contribution in [1.82, 2.24) is 15.3 Å². The highest BCUT2D eigenvalue weighted by Crippen LogP contribution is 2.20. The third kappa shape index (κ3) is 3.14.